The second-order valence-corrected chi connectivity index (χ2v) is 5.06. The van der Waals surface area contributed by atoms with E-state index >= 15 is 0 Å². The van der Waals surface area contributed by atoms with Gasteiger partial charge in [-0.2, -0.15) is 0 Å². The van der Waals surface area contributed by atoms with Crippen molar-refractivity contribution >= 4 is 21.6 Å². The molecular weight excluding hydrogens is 310 g/mol. The van der Waals surface area contributed by atoms with Crippen LogP contribution >= 0.6 is 15.9 Å². The standard InChI is InChI=1S/C14H14BrNO3/c1-8-10(15)3-2-4-11(8)16-7-9-5-6-12(17)14(19)13(9)18/h2-6,16-19H,7H2,1H3. The minimum absolute atomic E-state index is 0.305. The molecule has 0 heterocycles. The molecule has 0 fully saturated rings. The second kappa shape index (κ2) is 5.40. The van der Waals surface area contributed by atoms with Gasteiger partial charge in [-0.15, -0.1) is 0 Å². The summed E-state index contributed by atoms with van der Waals surface area (Å²) in [6, 6.07) is 8.69. The van der Waals surface area contributed by atoms with Crippen LogP contribution in [0.2, 0.25) is 0 Å². The Bertz CT molecular complexity index is 614. The maximum atomic E-state index is 9.72. The second-order valence-electron chi connectivity index (χ2n) is 4.21. The van der Waals surface area contributed by atoms with Gasteiger partial charge in [-0.05, 0) is 36.8 Å². The lowest BCUT2D eigenvalue weighted by atomic mass is 10.1. The van der Waals surface area contributed by atoms with Crippen molar-refractivity contribution in [3.63, 3.8) is 0 Å². The largest absolute Gasteiger partial charge is 0.504 e. The third-order valence-corrected chi connectivity index (χ3v) is 3.81. The Morgan fingerprint density at radius 1 is 1.05 bits per heavy atom. The maximum Gasteiger partial charge on any atom is 0.200 e. The highest BCUT2D eigenvalue weighted by Gasteiger charge is 2.11. The summed E-state index contributed by atoms with van der Waals surface area (Å²) in [6.07, 6.45) is 0. The van der Waals surface area contributed by atoms with Crippen molar-refractivity contribution < 1.29 is 15.3 Å². The van der Waals surface area contributed by atoms with Crippen LogP contribution in [0.1, 0.15) is 11.1 Å². The van der Waals surface area contributed by atoms with Crippen molar-refractivity contribution in [3.8, 4) is 17.2 Å². The average Bonchev–Trinajstić information content (AvgIpc) is 2.40. The Morgan fingerprint density at radius 3 is 2.53 bits per heavy atom. The molecule has 2 aromatic carbocycles. The Kier molecular flexibility index (Phi) is 3.85. The van der Waals surface area contributed by atoms with E-state index in [0.29, 0.717) is 12.1 Å². The quantitative estimate of drug-likeness (QED) is 0.652. The Labute approximate surface area is 119 Å². The molecule has 4 N–H and O–H groups in total. The molecule has 2 rings (SSSR count). The summed E-state index contributed by atoms with van der Waals surface area (Å²) in [4.78, 5) is 0. The number of anilines is 1. The number of hydrogen-bond acceptors (Lipinski definition) is 4. The molecule has 0 saturated carbocycles. The fraction of sp³-hybridized carbons (Fsp3) is 0.143. The van der Waals surface area contributed by atoms with Crippen LogP contribution in [0.15, 0.2) is 34.8 Å². The van der Waals surface area contributed by atoms with E-state index in [4.69, 9.17) is 0 Å². The summed E-state index contributed by atoms with van der Waals surface area (Å²) in [5.74, 6) is -1.13. The predicted molar refractivity (Wildman–Crippen MR) is 77.6 cm³/mol. The number of nitrogens with one attached hydrogen (secondary N) is 1. The van der Waals surface area contributed by atoms with Crippen molar-refractivity contribution in [3.05, 3.63) is 45.9 Å². The van der Waals surface area contributed by atoms with Crippen LogP contribution in [0, 0.1) is 6.92 Å². The van der Waals surface area contributed by atoms with E-state index in [1.54, 1.807) is 6.07 Å². The molecule has 2 aromatic rings. The van der Waals surface area contributed by atoms with Gasteiger partial charge < -0.3 is 20.6 Å². The smallest absolute Gasteiger partial charge is 0.200 e. The lowest BCUT2D eigenvalue weighted by Gasteiger charge is -2.12. The van der Waals surface area contributed by atoms with E-state index in [-0.39, 0.29) is 11.5 Å². The van der Waals surface area contributed by atoms with Gasteiger partial charge in [-0.25, -0.2) is 0 Å². The first-order valence-corrected chi connectivity index (χ1v) is 6.51. The fourth-order valence-electron chi connectivity index (χ4n) is 1.74. The van der Waals surface area contributed by atoms with E-state index < -0.39 is 5.75 Å². The molecule has 0 aromatic heterocycles. The van der Waals surface area contributed by atoms with Crippen LogP contribution in [0.3, 0.4) is 0 Å². The van der Waals surface area contributed by atoms with E-state index in [9.17, 15) is 15.3 Å². The molecule has 0 amide bonds. The van der Waals surface area contributed by atoms with Crippen LogP contribution < -0.4 is 5.32 Å². The molecule has 0 unspecified atom stereocenters. The predicted octanol–water partition coefficient (Wildman–Crippen LogP) is 3.49. The summed E-state index contributed by atoms with van der Waals surface area (Å²) in [6.45, 7) is 2.32. The summed E-state index contributed by atoms with van der Waals surface area (Å²) in [5.41, 5.74) is 2.50. The minimum atomic E-state index is -0.495. The molecule has 0 saturated heterocycles. The van der Waals surface area contributed by atoms with Gasteiger partial charge in [0.15, 0.2) is 11.5 Å². The first-order chi connectivity index (χ1) is 9.00. The monoisotopic (exact) mass is 323 g/mol. The number of phenolic OH excluding ortho intramolecular Hbond substituents is 3. The topological polar surface area (TPSA) is 72.7 Å². The Balaban J connectivity index is 2.20. The molecule has 5 heteroatoms. The lowest BCUT2D eigenvalue weighted by Crippen LogP contribution is -2.01. The van der Waals surface area contributed by atoms with Crippen molar-refractivity contribution in [2.75, 3.05) is 5.32 Å². The summed E-state index contributed by atoms with van der Waals surface area (Å²) in [7, 11) is 0. The van der Waals surface area contributed by atoms with Crippen LogP contribution in [0.25, 0.3) is 0 Å². The van der Waals surface area contributed by atoms with Gasteiger partial charge in [0.05, 0.1) is 0 Å². The third-order valence-electron chi connectivity index (χ3n) is 2.95. The van der Waals surface area contributed by atoms with Gasteiger partial charge in [0.2, 0.25) is 5.75 Å². The van der Waals surface area contributed by atoms with E-state index in [2.05, 4.69) is 21.2 Å². The van der Waals surface area contributed by atoms with Crippen LogP contribution in [-0.4, -0.2) is 15.3 Å². The van der Waals surface area contributed by atoms with Gasteiger partial charge in [-0.3, -0.25) is 0 Å². The van der Waals surface area contributed by atoms with Gasteiger partial charge in [0.1, 0.15) is 0 Å². The zero-order valence-electron chi connectivity index (χ0n) is 10.3. The van der Waals surface area contributed by atoms with Crippen LogP contribution in [0.4, 0.5) is 5.69 Å². The van der Waals surface area contributed by atoms with Crippen molar-refractivity contribution in [1.29, 1.82) is 0 Å². The SMILES string of the molecule is Cc1c(Br)cccc1NCc1ccc(O)c(O)c1O. The summed E-state index contributed by atoms with van der Waals surface area (Å²) >= 11 is 3.45. The third kappa shape index (κ3) is 2.76. The fourth-order valence-corrected chi connectivity index (χ4v) is 2.11. The van der Waals surface area contributed by atoms with Crippen LogP contribution in [0.5, 0.6) is 17.2 Å². The first kappa shape index (κ1) is 13.5. The molecule has 0 spiro atoms. The number of aromatic hydroxyl groups is 3. The van der Waals surface area contributed by atoms with Gasteiger partial charge in [0, 0.05) is 22.3 Å². The highest BCUT2D eigenvalue weighted by Crippen LogP contribution is 2.37. The molecule has 19 heavy (non-hydrogen) atoms. The molecule has 0 aliphatic rings. The number of hydrogen-bond donors (Lipinski definition) is 4. The number of rotatable bonds is 3. The normalized spacial score (nSPS) is 10.4. The molecule has 0 radical (unpaired) electrons. The average molecular weight is 324 g/mol. The number of phenols is 3. The Morgan fingerprint density at radius 2 is 1.79 bits per heavy atom. The lowest BCUT2D eigenvalue weighted by molar-refractivity contribution is 0.365. The zero-order chi connectivity index (χ0) is 14.0. The highest BCUT2D eigenvalue weighted by atomic mass is 79.9. The first-order valence-electron chi connectivity index (χ1n) is 5.72. The van der Waals surface area contributed by atoms with E-state index in [0.717, 1.165) is 15.7 Å². The zero-order valence-corrected chi connectivity index (χ0v) is 11.9. The van der Waals surface area contributed by atoms with Gasteiger partial charge in [0.25, 0.3) is 0 Å². The van der Waals surface area contributed by atoms with E-state index in [1.165, 1.54) is 6.07 Å². The van der Waals surface area contributed by atoms with Crippen molar-refractivity contribution in [2.45, 2.75) is 13.5 Å². The summed E-state index contributed by atoms with van der Waals surface area (Å²) in [5, 5.41) is 31.6. The van der Waals surface area contributed by atoms with Gasteiger partial charge in [-0.1, -0.05) is 22.0 Å². The molecule has 4 nitrogen and oxygen atoms in total. The van der Waals surface area contributed by atoms with Crippen LogP contribution in [-0.2, 0) is 6.54 Å². The summed E-state index contributed by atoms with van der Waals surface area (Å²) < 4.78 is 0.996. The number of benzene rings is 2. The molecular formula is C14H14BrNO3. The maximum absolute atomic E-state index is 9.72. The number of halogens is 1. The Hall–Kier alpha value is -1.88. The van der Waals surface area contributed by atoms with Crippen molar-refractivity contribution in [2.24, 2.45) is 0 Å². The highest BCUT2D eigenvalue weighted by molar-refractivity contribution is 9.10. The van der Waals surface area contributed by atoms with Crippen molar-refractivity contribution in [1.82, 2.24) is 0 Å². The minimum Gasteiger partial charge on any atom is -0.504 e. The molecule has 100 valence electrons. The molecule has 0 atom stereocenters. The molecule has 0 bridgehead atoms. The molecule has 0 aliphatic heterocycles. The molecule has 0 aliphatic carbocycles. The van der Waals surface area contributed by atoms with E-state index in [1.807, 2.05) is 25.1 Å². The van der Waals surface area contributed by atoms with Gasteiger partial charge >= 0.3 is 0 Å².